The van der Waals surface area contributed by atoms with Crippen LogP contribution < -0.4 is 9.62 Å². The molecule has 4 nitrogen and oxygen atoms in total. The van der Waals surface area contributed by atoms with Gasteiger partial charge in [0.25, 0.3) is 0 Å². The largest absolute Gasteiger partial charge is 0.317 e. The van der Waals surface area contributed by atoms with Gasteiger partial charge in [-0.2, -0.15) is 0 Å². The number of nitrogens with zero attached hydrogens (tertiary/aromatic N) is 1. The molecule has 1 aromatic rings. The topological polar surface area (TPSA) is 49.4 Å². The third-order valence-electron chi connectivity index (χ3n) is 4.51. The van der Waals surface area contributed by atoms with Gasteiger partial charge in [0.15, 0.2) is 0 Å². The SMILES string of the molecule is CCS(=O)(=O)N1CC2(CCNCC2)c2cc(F)ccc21. The Morgan fingerprint density at radius 2 is 2.05 bits per heavy atom. The molecular weight excluding hydrogens is 279 g/mol. The molecule has 0 atom stereocenters. The monoisotopic (exact) mass is 298 g/mol. The maximum Gasteiger partial charge on any atom is 0.234 e. The van der Waals surface area contributed by atoms with E-state index in [-0.39, 0.29) is 17.0 Å². The Morgan fingerprint density at radius 1 is 1.35 bits per heavy atom. The molecule has 110 valence electrons. The molecule has 0 radical (unpaired) electrons. The first-order valence-corrected chi connectivity index (χ1v) is 8.61. The Balaban J connectivity index is 2.13. The number of piperidine rings is 1. The second kappa shape index (κ2) is 4.70. The average Bonchev–Trinajstić information content (AvgIpc) is 2.75. The fraction of sp³-hybridized carbons (Fsp3) is 0.571. The molecule has 1 spiro atoms. The second-order valence-corrected chi connectivity index (χ2v) is 7.78. The minimum absolute atomic E-state index is 0.0676. The Labute approximate surface area is 119 Å². The zero-order valence-electron chi connectivity index (χ0n) is 11.5. The van der Waals surface area contributed by atoms with Crippen LogP contribution in [0.15, 0.2) is 18.2 Å². The quantitative estimate of drug-likeness (QED) is 0.902. The Bertz CT molecular complexity index is 624. The molecule has 6 heteroatoms. The van der Waals surface area contributed by atoms with Gasteiger partial charge < -0.3 is 5.32 Å². The van der Waals surface area contributed by atoms with Crippen LogP contribution in [0.2, 0.25) is 0 Å². The van der Waals surface area contributed by atoms with Gasteiger partial charge in [-0.1, -0.05) is 0 Å². The molecule has 3 rings (SSSR count). The number of sulfonamides is 1. The molecule has 1 aromatic carbocycles. The van der Waals surface area contributed by atoms with Crippen LogP contribution in [0.4, 0.5) is 10.1 Å². The second-order valence-electron chi connectivity index (χ2n) is 5.60. The van der Waals surface area contributed by atoms with Crippen LogP contribution in [-0.4, -0.2) is 33.8 Å². The van der Waals surface area contributed by atoms with Crippen molar-refractivity contribution in [3.05, 3.63) is 29.6 Å². The van der Waals surface area contributed by atoms with Crippen LogP contribution in [-0.2, 0) is 15.4 Å². The van der Waals surface area contributed by atoms with Gasteiger partial charge in [0.2, 0.25) is 10.0 Å². The molecule has 1 fully saturated rings. The number of hydrogen-bond acceptors (Lipinski definition) is 3. The highest BCUT2D eigenvalue weighted by molar-refractivity contribution is 7.92. The maximum atomic E-state index is 13.6. The van der Waals surface area contributed by atoms with E-state index in [1.165, 1.54) is 16.4 Å². The van der Waals surface area contributed by atoms with E-state index in [9.17, 15) is 12.8 Å². The van der Waals surface area contributed by atoms with Gasteiger partial charge >= 0.3 is 0 Å². The van der Waals surface area contributed by atoms with Crippen molar-refractivity contribution in [2.45, 2.75) is 25.2 Å². The molecule has 1 saturated heterocycles. The van der Waals surface area contributed by atoms with E-state index in [1.54, 1.807) is 13.0 Å². The summed E-state index contributed by atoms with van der Waals surface area (Å²) in [7, 11) is -3.31. The molecule has 0 unspecified atom stereocenters. The summed E-state index contributed by atoms with van der Waals surface area (Å²) in [4.78, 5) is 0. The fourth-order valence-corrected chi connectivity index (χ4v) is 4.55. The molecule has 0 bridgehead atoms. The highest BCUT2D eigenvalue weighted by Gasteiger charge is 2.46. The lowest BCUT2D eigenvalue weighted by Crippen LogP contribution is -2.44. The molecule has 20 heavy (non-hydrogen) atoms. The van der Waals surface area contributed by atoms with Crippen molar-refractivity contribution in [1.82, 2.24) is 5.32 Å². The summed E-state index contributed by atoms with van der Waals surface area (Å²) in [6, 6.07) is 4.47. The molecule has 0 amide bonds. The number of benzene rings is 1. The number of nitrogens with one attached hydrogen (secondary N) is 1. The van der Waals surface area contributed by atoms with E-state index in [2.05, 4.69) is 5.32 Å². The van der Waals surface area contributed by atoms with Crippen molar-refractivity contribution in [1.29, 1.82) is 0 Å². The minimum Gasteiger partial charge on any atom is -0.317 e. The van der Waals surface area contributed by atoms with Gasteiger partial charge in [-0.05, 0) is 56.6 Å². The summed E-state index contributed by atoms with van der Waals surface area (Å²) in [5.74, 6) is -0.226. The molecule has 0 saturated carbocycles. The van der Waals surface area contributed by atoms with Crippen LogP contribution in [0.25, 0.3) is 0 Å². The highest BCUT2D eigenvalue weighted by Crippen LogP contribution is 2.47. The van der Waals surface area contributed by atoms with Crippen LogP contribution in [0, 0.1) is 5.82 Å². The smallest absolute Gasteiger partial charge is 0.234 e. The van der Waals surface area contributed by atoms with Crippen molar-refractivity contribution in [3.63, 3.8) is 0 Å². The van der Waals surface area contributed by atoms with E-state index in [4.69, 9.17) is 0 Å². The summed E-state index contributed by atoms with van der Waals surface area (Å²) in [5.41, 5.74) is 1.29. The van der Waals surface area contributed by atoms with Gasteiger partial charge in [0, 0.05) is 12.0 Å². The molecule has 2 heterocycles. The van der Waals surface area contributed by atoms with Crippen molar-refractivity contribution >= 4 is 15.7 Å². The Hall–Kier alpha value is -1.14. The van der Waals surface area contributed by atoms with Crippen LogP contribution in [0.3, 0.4) is 0 Å². The summed E-state index contributed by atoms with van der Waals surface area (Å²) in [6.45, 7) is 3.78. The Kier molecular flexibility index (Phi) is 3.25. The standard InChI is InChI=1S/C14H19FN2O2S/c1-2-20(18,19)17-10-14(5-7-16-8-6-14)12-9-11(15)3-4-13(12)17/h3-4,9,16H,2,5-8,10H2,1H3. The van der Waals surface area contributed by atoms with Crippen molar-refractivity contribution in [2.75, 3.05) is 29.7 Å². The summed E-state index contributed by atoms with van der Waals surface area (Å²) < 4.78 is 39.7. The summed E-state index contributed by atoms with van der Waals surface area (Å²) >= 11 is 0. The van der Waals surface area contributed by atoms with E-state index < -0.39 is 10.0 Å². The predicted octanol–water partition coefficient (Wildman–Crippen LogP) is 1.62. The number of halogens is 1. The van der Waals surface area contributed by atoms with Gasteiger partial charge in [0.1, 0.15) is 5.82 Å². The first kappa shape index (κ1) is 13.8. The normalized spacial score (nSPS) is 21.2. The minimum atomic E-state index is -3.31. The molecular formula is C14H19FN2O2S. The molecule has 0 aliphatic carbocycles. The summed E-state index contributed by atoms with van der Waals surface area (Å²) in [5, 5.41) is 3.29. The van der Waals surface area contributed by atoms with E-state index in [0.717, 1.165) is 31.5 Å². The van der Waals surface area contributed by atoms with Crippen LogP contribution >= 0.6 is 0 Å². The van der Waals surface area contributed by atoms with Crippen LogP contribution in [0.1, 0.15) is 25.3 Å². The molecule has 2 aliphatic rings. The fourth-order valence-electron chi connectivity index (χ4n) is 3.33. The summed E-state index contributed by atoms with van der Waals surface area (Å²) in [6.07, 6.45) is 1.69. The first-order valence-electron chi connectivity index (χ1n) is 7.00. The van der Waals surface area contributed by atoms with E-state index >= 15 is 0 Å². The van der Waals surface area contributed by atoms with E-state index in [0.29, 0.717) is 12.2 Å². The van der Waals surface area contributed by atoms with Crippen molar-refractivity contribution in [2.24, 2.45) is 0 Å². The lowest BCUT2D eigenvalue weighted by atomic mass is 9.75. The zero-order valence-corrected chi connectivity index (χ0v) is 12.3. The lowest BCUT2D eigenvalue weighted by molar-refractivity contribution is 0.329. The number of anilines is 1. The molecule has 1 N–H and O–H groups in total. The number of rotatable bonds is 2. The van der Waals surface area contributed by atoms with Gasteiger partial charge in [-0.3, -0.25) is 4.31 Å². The third-order valence-corrected chi connectivity index (χ3v) is 6.23. The zero-order chi connectivity index (χ0) is 14.4. The van der Waals surface area contributed by atoms with Gasteiger partial charge in [-0.25, -0.2) is 12.8 Å². The van der Waals surface area contributed by atoms with Gasteiger partial charge in [0.05, 0.1) is 11.4 Å². The predicted molar refractivity (Wildman–Crippen MR) is 77.0 cm³/mol. The Morgan fingerprint density at radius 3 is 2.70 bits per heavy atom. The molecule has 2 aliphatic heterocycles. The molecule has 0 aromatic heterocycles. The lowest BCUT2D eigenvalue weighted by Gasteiger charge is -2.34. The maximum absolute atomic E-state index is 13.6. The van der Waals surface area contributed by atoms with Crippen LogP contribution in [0.5, 0.6) is 0 Å². The van der Waals surface area contributed by atoms with Crippen molar-refractivity contribution in [3.8, 4) is 0 Å². The van der Waals surface area contributed by atoms with Gasteiger partial charge in [-0.15, -0.1) is 0 Å². The first-order chi connectivity index (χ1) is 9.48. The number of fused-ring (bicyclic) bond motifs is 2. The average molecular weight is 298 g/mol. The highest BCUT2D eigenvalue weighted by atomic mass is 32.2. The van der Waals surface area contributed by atoms with E-state index in [1.807, 2.05) is 0 Å². The third kappa shape index (κ3) is 2.02. The number of hydrogen-bond donors (Lipinski definition) is 1. The van der Waals surface area contributed by atoms with Crippen molar-refractivity contribution < 1.29 is 12.8 Å².